The third-order valence-corrected chi connectivity index (χ3v) is 7.10. The van der Waals surface area contributed by atoms with Gasteiger partial charge in [-0.15, -0.1) is 0 Å². The van der Waals surface area contributed by atoms with Crippen molar-refractivity contribution in [2.75, 3.05) is 0 Å². The van der Waals surface area contributed by atoms with Crippen molar-refractivity contribution in [3.63, 3.8) is 0 Å². The number of aromatic carboxylic acids is 1. The molecular formula is C21H11Br4NNa2O5S. The Morgan fingerprint density at radius 3 is 2.18 bits per heavy atom. The van der Waals surface area contributed by atoms with Gasteiger partial charge in [0, 0.05) is 16.5 Å². The molecule has 2 aromatic carbocycles. The number of nitrogens with zero attached hydrogens (tertiary/aromatic N) is 1. The van der Waals surface area contributed by atoms with Crippen molar-refractivity contribution in [1.82, 2.24) is 0 Å². The summed E-state index contributed by atoms with van der Waals surface area (Å²) < 4.78 is 7.17. The van der Waals surface area contributed by atoms with Crippen LogP contribution in [0.5, 0.6) is 5.75 Å². The molecule has 0 fully saturated rings. The molecule has 1 aliphatic heterocycles. The van der Waals surface area contributed by atoms with Crippen LogP contribution in [0.1, 0.15) is 10.4 Å². The Morgan fingerprint density at radius 1 is 1.00 bits per heavy atom. The monoisotopic (exact) mass is 751 g/mol. The van der Waals surface area contributed by atoms with Crippen LogP contribution in [0.25, 0.3) is 33.4 Å². The summed E-state index contributed by atoms with van der Waals surface area (Å²) in [7, 11) is 0. The number of halogens is 4. The average molecular weight is 755 g/mol. The molecule has 6 nitrogen and oxygen atoms in total. The number of carbonyl (C=O) groups is 1. The molecule has 1 aliphatic carbocycles. The van der Waals surface area contributed by atoms with Crippen LogP contribution in [0.15, 0.2) is 63.5 Å². The summed E-state index contributed by atoms with van der Waals surface area (Å²) in [5, 5.41) is 29.2. The quantitative estimate of drug-likeness (QED) is 0.0986. The first-order valence-corrected chi connectivity index (χ1v) is 12.1. The van der Waals surface area contributed by atoms with Crippen molar-refractivity contribution in [2.24, 2.45) is 0 Å². The average Bonchev–Trinajstić information content (AvgIpc) is 2.76. The van der Waals surface area contributed by atoms with E-state index < -0.39 is 5.97 Å². The number of hydrogen-bond acceptors (Lipinski definition) is 6. The SMILES string of the molecule is N#CS.O=C(O)c1ccccc1-c1c2cc(Br)c(=O)c(Br)c-2oc2c(Br)c(O)c(Br)cc12.[NaH].[NaH]. The summed E-state index contributed by atoms with van der Waals surface area (Å²) in [6, 6.07) is 9.84. The van der Waals surface area contributed by atoms with Gasteiger partial charge in [-0.2, -0.15) is 5.26 Å². The fraction of sp³-hybridized carbons (Fsp3) is 0. The Kier molecular flexibility index (Phi) is 12.9. The molecule has 0 saturated heterocycles. The van der Waals surface area contributed by atoms with E-state index in [-0.39, 0.29) is 96.1 Å². The molecule has 0 aromatic heterocycles. The van der Waals surface area contributed by atoms with E-state index in [1.807, 2.05) is 0 Å². The second-order valence-electron chi connectivity index (χ2n) is 6.20. The Morgan fingerprint density at radius 2 is 1.59 bits per heavy atom. The van der Waals surface area contributed by atoms with Crippen molar-refractivity contribution in [3.8, 4) is 33.6 Å². The van der Waals surface area contributed by atoms with Crippen molar-refractivity contribution >= 4 is 152 Å². The van der Waals surface area contributed by atoms with Crippen molar-refractivity contribution in [3.05, 3.63) is 70.1 Å². The van der Waals surface area contributed by atoms with E-state index in [0.717, 1.165) is 0 Å². The molecule has 166 valence electrons. The van der Waals surface area contributed by atoms with Crippen molar-refractivity contribution in [1.29, 1.82) is 5.26 Å². The molecule has 1 heterocycles. The maximum absolute atomic E-state index is 12.4. The molecule has 0 atom stereocenters. The van der Waals surface area contributed by atoms with E-state index in [1.165, 1.54) is 11.5 Å². The first-order valence-electron chi connectivity index (χ1n) is 8.45. The summed E-state index contributed by atoms with van der Waals surface area (Å²) in [4.78, 5) is 24.3. The second kappa shape index (κ2) is 13.6. The number of phenols is 1. The van der Waals surface area contributed by atoms with E-state index in [0.29, 0.717) is 31.0 Å². The van der Waals surface area contributed by atoms with Crippen LogP contribution >= 0.6 is 76.3 Å². The van der Waals surface area contributed by atoms with Gasteiger partial charge in [0.1, 0.15) is 20.1 Å². The fourth-order valence-corrected chi connectivity index (χ4v) is 5.57. The first kappa shape index (κ1) is 32.2. The van der Waals surface area contributed by atoms with Crippen LogP contribution in [0.3, 0.4) is 0 Å². The van der Waals surface area contributed by atoms with E-state index in [2.05, 4.69) is 76.3 Å². The molecule has 0 radical (unpaired) electrons. The van der Waals surface area contributed by atoms with Crippen LogP contribution in [0.4, 0.5) is 0 Å². The van der Waals surface area contributed by atoms with E-state index >= 15 is 0 Å². The Balaban J connectivity index is 0.00000110. The number of carboxylic acid groups (broad SMARTS) is 1. The number of benzene rings is 3. The molecule has 0 unspecified atom stereocenters. The third kappa shape index (κ3) is 6.17. The Hall–Kier alpha value is 0.160. The molecule has 34 heavy (non-hydrogen) atoms. The van der Waals surface area contributed by atoms with E-state index in [1.54, 1.807) is 30.3 Å². The van der Waals surface area contributed by atoms with Crippen LogP contribution in [-0.4, -0.2) is 75.3 Å². The van der Waals surface area contributed by atoms with E-state index in [9.17, 15) is 19.8 Å². The Labute approximate surface area is 277 Å². The molecular weight excluding hydrogens is 744 g/mol. The van der Waals surface area contributed by atoms with Crippen LogP contribution in [0, 0.1) is 10.7 Å². The normalized spacial score (nSPS) is 9.88. The van der Waals surface area contributed by atoms with Crippen molar-refractivity contribution < 1.29 is 19.4 Å². The zero-order valence-electron chi connectivity index (χ0n) is 15.5. The number of rotatable bonds is 2. The van der Waals surface area contributed by atoms with Gasteiger partial charge in [-0.3, -0.25) is 4.79 Å². The van der Waals surface area contributed by atoms with Gasteiger partial charge in [-0.05, 0) is 87.5 Å². The number of phenolic OH excluding ortho intramolecular Hbond substituents is 1. The molecule has 0 spiro atoms. The van der Waals surface area contributed by atoms with E-state index in [4.69, 9.17) is 9.68 Å². The Bertz CT molecular complexity index is 1470. The molecule has 2 aliphatic rings. The molecule has 13 heteroatoms. The van der Waals surface area contributed by atoms with Gasteiger partial charge < -0.3 is 14.6 Å². The fourth-order valence-electron chi connectivity index (χ4n) is 3.17. The predicted molar refractivity (Wildman–Crippen MR) is 153 cm³/mol. The number of carboxylic acids is 1. The minimum atomic E-state index is -1.09. The number of thiol groups is 1. The van der Waals surface area contributed by atoms with Gasteiger partial charge >= 0.3 is 65.1 Å². The van der Waals surface area contributed by atoms with Gasteiger partial charge in [0.05, 0.1) is 14.5 Å². The zero-order chi connectivity index (χ0) is 23.7. The molecule has 2 aromatic rings. The van der Waals surface area contributed by atoms with Gasteiger partial charge in [0.2, 0.25) is 5.43 Å². The standard InChI is InChI=1S/C20H8Br4O5.CHNS.2Na.2H/c21-11-5-9-13(7-3-1-2-4-8(7)20(27)28)10-6-12(22)17(26)15(24)19(10)29-18(9)14(23)16(11)25;2-1-3;;;;/h1-6,25H,(H,27,28);3H;;;;. The molecule has 2 N–H and O–H groups in total. The summed E-state index contributed by atoms with van der Waals surface area (Å²) in [6.07, 6.45) is 0. The summed E-state index contributed by atoms with van der Waals surface area (Å²) >= 11 is 16.3. The summed E-state index contributed by atoms with van der Waals surface area (Å²) in [6.45, 7) is 0. The summed E-state index contributed by atoms with van der Waals surface area (Å²) in [5.41, 5.74) is 1.61. The molecule has 0 saturated carbocycles. The van der Waals surface area contributed by atoms with Gasteiger partial charge in [-0.1, -0.05) is 30.8 Å². The molecule has 0 bridgehead atoms. The van der Waals surface area contributed by atoms with Crippen LogP contribution < -0.4 is 5.43 Å². The molecule has 4 rings (SSSR count). The van der Waals surface area contributed by atoms with Gasteiger partial charge in [0.15, 0.2) is 11.3 Å². The predicted octanol–water partition coefficient (Wildman–Crippen LogP) is 6.12. The number of aromatic hydroxyl groups is 1. The summed E-state index contributed by atoms with van der Waals surface area (Å²) in [5.74, 6) is -0.921. The number of hydrogen-bond donors (Lipinski definition) is 3. The van der Waals surface area contributed by atoms with Crippen LogP contribution in [-0.2, 0) is 0 Å². The number of thiocyanates is 1. The first-order chi connectivity index (χ1) is 15.1. The zero-order valence-corrected chi connectivity index (χ0v) is 22.7. The third-order valence-electron chi connectivity index (χ3n) is 4.45. The van der Waals surface area contributed by atoms with Gasteiger partial charge in [-0.25, -0.2) is 4.79 Å². The topological polar surface area (TPSA) is 112 Å². The maximum atomic E-state index is 12.4. The van der Waals surface area contributed by atoms with Crippen LogP contribution in [0.2, 0.25) is 0 Å². The minimum absolute atomic E-state index is 0. The number of fused-ring (bicyclic) bond motifs is 2. The van der Waals surface area contributed by atoms with Crippen molar-refractivity contribution in [2.45, 2.75) is 0 Å². The van der Waals surface area contributed by atoms with Gasteiger partial charge in [0.25, 0.3) is 0 Å². The second-order valence-corrected chi connectivity index (χ2v) is 9.70. The molecule has 0 amide bonds. The number of nitriles is 1.